The van der Waals surface area contributed by atoms with E-state index in [1.807, 2.05) is 55.5 Å². The van der Waals surface area contributed by atoms with Crippen molar-refractivity contribution >= 4 is 28.9 Å². The highest BCUT2D eigenvalue weighted by atomic mass is 35.5. The van der Waals surface area contributed by atoms with Crippen molar-refractivity contribution in [3.8, 4) is 0 Å². The molecule has 3 rings (SSSR count). The second-order valence-electron chi connectivity index (χ2n) is 5.87. The molecule has 0 aromatic heterocycles. The van der Waals surface area contributed by atoms with E-state index in [9.17, 15) is 4.79 Å². The molecule has 4 heteroatoms. The van der Waals surface area contributed by atoms with Gasteiger partial charge in [-0.25, -0.2) is 0 Å². The Morgan fingerprint density at radius 1 is 1.17 bits per heavy atom. The van der Waals surface area contributed by atoms with Crippen molar-refractivity contribution in [3.05, 3.63) is 59.1 Å². The molecule has 3 nitrogen and oxygen atoms in total. The largest absolute Gasteiger partial charge is 0.465 e. The molecule has 0 radical (unpaired) electrons. The van der Waals surface area contributed by atoms with Crippen molar-refractivity contribution in [2.75, 3.05) is 11.9 Å². The second kappa shape index (κ2) is 6.63. The summed E-state index contributed by atoms with van der Waals surface area (Å²) in [7, 11) is 0. The minimum absolute atomic E-state index is 0.0956. The standard InChI is InChI=1S/C19H20ClNO2/c1-2-23-18(22)19(11-4-12-19)14-7-9-16(10-8-14)21-17-6-3-5-15(20)13-17/h3,5-10,13,21H,2,4,11-12H2,1H3. The van der Waals surface area contributed by atoms with E-state index in [1.54, 1.807) is 0 Å². The van der Waals surface area contributed by atoms with Gasteiger partial charge < -0.3 is 10.1 Å². The summed E-state index contributed by atoms with van der Waals surface area (Å²) in [5, 5.41) is 4.01. The molecule has 2 aromatic rings. The number of ether oxygens (including phenoxy) is 1. The molecule has 1 aliphatic rings. The normalized spacial score (nSPS) is 15.6. The Labute approximate surface area is 141 Å². The third kappa shape index (κ3) is 3.20. The van der Waals surface area contributed by atoms with Crippen LogP contribution in [0.25, 0.3) is 0 Å². The second-order valence-corrected chi connectivity index (χ2v) is 6.31. The first-order valence-corrected chi connectivity index (χ1v) is 8.32. The molecule has 0 unspecified atom stereocenters. The zero-order valence-electron chi connectivity index (χ0n) is 13.1. The number of nitrogens with one attached hydrogen (secondary N) is 1. The molecule has 0 heterocycles. The number of rotatable bonds is 5. The van der Waals surface area contributed by atoms with Crippen LogP contribution in [0.1, 0.15) is 31.7 Å². The van der Waals surface area contributed by atoms with Gasteiger partial charge in [0.05, 0.1) is 12.0 Å². The van der Waals surface area contributed by atoms with Crippen LogP contribution in [-0.2, 0) is 14.9 Å². The first-order chi connectivity index (χ1) is 11.1. The van der Waals surface area contributed by atoms with Crippen molar-refractivity contribution in [1.29, 1.82) is 0 Å². The summed E-state index contributed by atoms with van der Waals surface area (Å²) in [5.41, 5.74) is 2.51. The molecule has 0 atom stereocenters. The molecule has 0 aliphatic heterocycles. The number of esters is 1. The SMILES string of the molecule is CCOC(=O)C1(c2ccc(Nc3cccc(Cl)c3)cc2)CCC1. The Morgan fingerprint density at radius 3 is 2.48 bits per heavy atom. The van der Waals surface area contributed by atoms with Crippen LogP contribution in [-0.4, -0.2) is 12.6 Å². The van der Waals surface area contributed by atoms with Crippen molar-refractivity contribution in [1.82, 2.24) is 0 Å². The lowest BCUT2D eigenvalue weighted by Crippen LogP contribution is -2.43. The molecular formula is C19H20ClNO2. The average Bonchev–Trinajstić information content (AvgIpc) is 2.48. The predicted molar refractivity (Wildman–Crippen MR) is 93.3 cm³/mol. The number of carbonyl (C=O) groups excluding carboxylic acids is 1. The van der Waals surface area contributed by atoms with Crippen LogP contribution in [0.5, 0.6) is 0 Å². The Balaban J connectivity index is 1.77. The smallest absolute Gasteiger partial charge is 0.316 e. The molecular weight excluding hydrogens is 310 g/mol. The quantitative estimate of drug-likeness (QED) is 0.778. The van der Waals surface area contributed by atoms with Crippen LogP contribution in [0.15, 0.2) is 48.5 Å². The molecule has 23 heavy (non-hydrogen) atoms. The van der Waals surface area contributed by atoms with Gasteiger partial charge in [-0.05, 0) is 55.7 Å². The summed E-state index contributed by atoms with van der Waals surface area (Å²) in [6, 6.07) is 15.6. The zero-order chi connectivity index (χ0) is 16.3. The molecule has 1 aliphatic carbocycles. The molecule has 0 bridgehead atoms. The summed E-state index contributed by atoms with van der Waals surface area (Å²) >= 11 is 6.00. The van der Waals surface area contributed by atoms with Gasteiger partial charge in [-0.3, -0.25) is 4.79 Å². The van der Waals surface area contributed by atoms with E-state index in [-0.39, 0.29) is 5.97 Å². The molecule has 2 aromatic carbocycles. The van der Waals surface area contributed by atoms with E-state index in [2.05, 4.69) is 5.32 Å². The number of benzene rings is 2. The van der Waals surface area contributed by atoms with E-state index in [1.165, 1.54) is 0 Å². The minimum Gasteiger partial charge on any atom is -0.465 e. The van der Waals surface area contributed by atoms with Gasteiger partial charge >= 0.3 is 5.97 Å². The Morgan fingerprint density at radius 2 is 1.91 bits per heavy atom. The van der Waals surface area contributed by atoms with E-state index >= 15 is 0 Å². The summed E-state index contributed by atoms with van der Waals surface area (Å²) in [5.74, 6) is -0.0956. The van der Waals surface area contributed by atoms with Gasteiger partial charge in [-0.2, -0.15) is 0 Å². The molecule has 0 amide bonds. The number of hydrogen-bond donors (Lipinski definition) is 1. The van der Waals surface area contributed by atoms with Gasteiger partial charge in [0.1, 0.15) is 0 Å². The van der Waals surface area contributed by atoms with Gasteiger partial charge in [0.25, 0.3) is 0 Å². The summed E-state index contributed by atoms with van der Waals surface area (Å²) in [6.45, 7) is 2.28. The van der Waals surface area contributed by atoms with E-state index in [4.69, 9.17) is 16.3 Å². The van der Waals surface area contributed by atoms with Crippen molar-refractivity contribution in [2.24, 2.45) is 0 Å². The van der Waals surface area contributed by atoms with E-state index in [0.29, 0.717) is 11.6 Å². The number of halogens is 1. The lowest BCUT2D eigenvalue weighted by molar-refractivity contribution is -0.153. The first kappa shape index (κ1) is 15.9. The van der Waals surface area contributed by atoms with Gasteiger partial charge in [0, 0.05) is 16.4 Å². The van der Waals surface area contributed by atoms with Crippen LogP contribution >= 0.6 is 11.6 Å². The highest BCUT2D eigenvalue weighted by molar-refractivity contribution is 6.30. The van der Waals surface area contributed by atoms with Crippen molar-refractivity contribution < 1.29 is 9.53 Å². The van der Waals surface area contributed by atoms with Gasteiger partial charge in [-0.15, -0.1) is 0 Å². The molecule has 1 saturated carbocycles. The Hall–Kier alpha value is -2.00. The predicted octanol–water partition coefficient (Wildman–Crippen LogP) is 5.07. The lowest BCUT2D eigenvalue weighted by Gasteiger charge is -2.39. The molecule has 1 N–H and O–H groups in total. The van der Waals surface area contributed by atoms with Gasteiger partial charge in [0.15, 0.2) is 0 Å². The van der Waals surface area contributed by atoms with Crippen molar-refractivity contribution in [2.45, 2.75) is 31.6 Å². The fraction of sp³-hybridized carbons (Fsp3) is 0.316. The fourth-order valence-electron chi connectivity index (χ4n) is 3.02. The molecule has 0 spiro atoms. The summed E-state index contributed by atoms with van der Waals surface area (Å²) < 4.78 is 5.27. The maximum Gasteiger partial charge on any atom is 0.316 e. The van der Waals surface area contributed by atoms with Crippen LogP contribution in [0.3, 0.4) is 0 Å². The minimum atomic E-state index is -0.440. The third-order valence-electron chi connectivity index (χ3n) is 4.42. The molecule has 120 valence electrons. The Bertz CT molecular complexity index is 693. The van der Waals surface area contributed by atoms with Gasteiger partial charge in [-0.1, -0.05) is 36.2 Å². The van der Waals surface area contributed by atoms with Crippen LogP contribution < -0.4 is 5.32 Å². The topological polar surface area (TPSA) is 38.3 Å². The first-order valence-electron chi connectivity index (χ1n) is 7.94. The fourth-order valence-corrected chi connectivity index (χ4v) is 3.21. The summed E-state index contributed by atoms with van der Waals surface area (Å²) in [4.78, 5) is 12.3. The highest BCUT2D eigenvalue weighted by Crippen LogP contribution is 2.45. The van der Waals surface area contributed by atoms with Crippen LogP contribution in [0.2, 0.25) is 5.02 Å². The highest BCUT2D eigenvalue weighted by Gasteiger charge is 2.46. The third-order valence-corrected chi connectivity index (χ3v) is 4.66. The number of anilines is 2. The van der Waals surface area contributed by atoms with Gasteiger partial charge in [0.2, 0.25) is 0 Å². The zero-order valence-corrected chi connectivity index (χ0v) is 13.9. The van der Waals surface area contributed by atoms with Crippen molar-refractivity contribution in [3.63, 3.8) is 0 Å². The van der Waals surface area contributed by atoms with Crippen LogP contribution in [0, 0.1) is 0 Å². The molecule has 1 fully saturated rings. The van der Waals surface area contributed by atoms with E-state index in [0.717, 1.165) is 36.2 Å². The monoisotopic (exact) mass is 329 g/mol. The Kier molecular flexibility index (Phi) is 4.58. The summed E-state index contributed by atoms with van der Waals surface area (Å²) in [6.07, 6.45) is 2.81. The van der Waals surface area contributed by atoms with E-state index < -0.39 is 5.41 Å². The van der Waals surface area contributed by atoms with Crippen LogP contribution in [0.4, 0.5) is 11.4 Å². The molecule has 0 saturated heterocycles. The maximum absolute atomic E-state index is 12.3. The lowest BCUT2D eigenvalue weighted by atomic mass is 9.64. The number of hydrogen-bond acceptors (Lipinski definition) is 3. The number of carbonyl (C=O) groups is 1. The average molecular weight is 330 g/mol. The maximum atomic E-state index is 12.3.